The first-order chi connectivity index (χ1) is 5.73. The molecule has 0 heterocycles. The zero-order valence-electron chi connectivity index (χ0n) is 7.68. The highest BCUT2D eigenvalue weighted by Gasteiger charge is 2.42. The molecule has 0 saturated heterocycles. The van der Waals surface area contributed by atoms with Gasteiger partial charge in [-0.3, -0.25) is 4.79 Å². The molecule has 2 atom stereocenters. The number of rotatable bonds is 0. The molecule has 0 aliphatic heterocycles. The molecule has 1 fully saturated rings. The summed E-state index contributed by atoms with van der Waals surface area (Å²) >= 11 is 0. The fourth-order valence-electron chi connectivity index (χ4n) is 2.59. The molecule has 0 amide bonds. The minimum absolute atomic E-state index is 0.00694. The van der Waals surface area contributed by atoms with Crippen molar-refractivity contribution in [1.82, 2.24) is 0 Å². The SMILES string of the molecule is C[C@@]12CC=CC[C@H]1CCCC2=O. The zero-order chi connectivity index (χ0) is 8.60. The molecule has 0 aromatic heterocycles. The van der Waals surface area contributed by atoms with Crippen LogP contribution in [-0.2, 0) is 4.79 Å². The highest BCUT2D eigenvalue weighted by Crippen LogP contribution is 2.45. The number of carbonyl (C=O) groups excluding carboxylic acids is 1. The molecule has 1 nitrogen and oxygen atoms in total. The summed E-state index contributed by atoms with van der Waals surface area (Å²) in [6, 6.07) is 0. The van der Waals surface area contributed by atoms with Crippen LogP contribution in [0.5, 0.6) is 0 Å². The maximum Gasteiger partial charge on any atom is 0.139 e. The van der Waals surface area contributed by atoms with Gasteiger partial charge in [0, 0.05) is 11.8 Å². The lowest BCUT2D eigenvalue weighted by molar-refractivity contribution is -0.134. The number of Topliss-reactive ketones (excluding diaryl/α,β-unsaturated/α-hetero) is 1. The van der Waals surface area contributed by atoms with E-state index in [9.17, 15) is 4.79 Å². The van der Waals surface area contributed by atoms with Gasteiger partial charge in [0.1, 0.15) is 5.78 Å². The standard InChI is InChI=1S/C11H16O/c1-11-8-3-2-5-9(11)6-4-7-10(11)12/h2-3,9H,4-8H2,1H3/t9-,11+/m0/s1. The average Bonchev–Trinajstić information content (AvgIpc) is 2.07. The Hall–Kier alpha value is -0.590. The molecule has 0 aromatic rings. The molecule has 2 rings (SSSR count). The Morgan fingerprint density at radius 1 is 1.50 bits per heavy atom. The number of hydrogen-bond donors (Lipinski definition) is 0. The summed E-state index contributed by atoms with van der Waals surface area (Å²) < 4.78 is 0. The van der Waals surface area contributed by atoms with Crippen LogP contribution in [0.2, 0.25) is 0 Å². The lowest BCUT2D eigenvalue weighted by atomic mass is 9.62. The van der Waals surface area contributed by atoms with Crippen LogP contribution in [0.15, 0.2) is 12.2 Å². The summed E-state index contributed by atoms with van der Waals surface area (Å²) in [5.74, 6) is 1.15. The second-order valence-electron chi connectivity index (χ2n) is 4.34. The highest BCUT2D eigenvalue weighted by molar-refractivity contribution is 5.85. The van der Waals surface area contributed by atoms with E-state index >= 15 is 0 Å². The minimum atomic E-state index is 0.00694. The van der Waals surface area contributed by atoms with E-state index in [1.165, 1.54) is 6.42 Å². The zero-order valence-corrected chi connectivity index (χ0v) is 7.68. The van der Waals surface area contributed by atoms with Crippen LogP contribution in [0.1, 0.15) is 39.0 Å². The third-order valence-electron chi connectivity index (χ3n) is 3.62. The molecule has 0 N–H and O–H groups in total. The van der Waals surface area contributed by atoms with Crippen molar-refractivity contribution < 1.29 is 4.79 Å². The van der Waals surface area contributed by atoms with E-state index in [1.807, 2.05) is 0 Å². The molecule has 2 aliphatic carbocycles. The van der Waals surface area contributed by atoms with Crippen LogP contribution in [0.3, 0.4) is 0 Å². The molecule has 2 aliphatic rings. The van der Waals surface area contributed by atoms with Gasteiger partial charge in [0.05, 0.1) is 0 Å². The van der Waals surface area contributed by atoms with Crippen molar-refractivity contribution in [1.29, 1.82) is 0 Å². The van der Waals surface area contributed by atoms with E-state index < -0.39 is 0 Å². The van der Waals surface area contributed by atoms with Crippen molar-refractivity contribution in [2.75, 3.05) is 0 Å². The molecule has 1 saturated carbocycles. The molecule has 0 unspecified atom stereocenters. The van der Waals surface area contributed by atoms with Crippen LogP contribution in [0.25, 0.3) is 0 Å². The first-order valence-electron chi connectivity index (χ1n) is 4.92. The Morgan fingerprint density at radius 3 is 3.08 bits per heavy atom. The van der Waals surface area contributed by atoms with Crippen LogP contribution in [-0.4, -0.2) is 5.78 Å². The highest BCUT2D eigenvalue weighted by atomic mass is 16.1. The third-order valence-corrected chi connectivity index (χ3v) is 3.62. The van der Waals surface area contributed by atoms with Gasteiger partial charge in [0.2, 0.25) is 0 Å². The quantitative estimate of drug-likeness (QED) is 0.503. The predicted molar refractivity (Wildman–Crippen MR) is 48.8 cm³/mol. The number of allylic oxidation sites excluding steroid dienone is 2. The predicted octanol–water partition coefficient (Wildman–Crippen LogP) is 2.71. The molecule has 0 spiro atoms. The summed E-state index contributed by atoms with van der Waals surface area (Å²) in [5.41, 5.74) is 0.00694. The summed E-state index contributed by atoms with van der Waals surface area (Å²) in [7, 11) is 0. The van der Waals surface area contributed by atoms with Gasteiger partial charge >= 0.3 is 0 Å². The Bertz CT molecular complexity index is 229. The smallest absolute Gasteiger partial charge is 0.139 e. The first-order valence-corrected chi connectivity index (χ1v) is 4.92. The largest absolute Gasteiger partial charge is 0.299 e. The molecular weight excluding hydrogens is 148 g/mol. The summed E-state index contributed by atoms with van der Waals surface area (Å²) in [4.78, 5) is 11.7. The van der Waals surface area contributed by atoms with Gasteiger partial charge in [-0.2, -0.15) is 0 Å². The van der Waals surface area contributed by atoms with Crippen molar-refractivity contribution in [3.8, 4) is 0 Å². The molecular formula is C11H16O. The number of hydrogen-bond acceptors (Lipinski definition) is 1. The minimum Gasteiger partial charge on any atom is -0.299 e. The van der Waals surface area contributed by atoms with E-state index in [0.717, 1.165) is 25.7 Å². The van der Waals surface area contributed by atoms with Crippen LogP contribution in [0.4, 0.5) is 0 Å². The Labute approximate surface area is 73.8 Å². The third kappa shape index (κ3) is 1.03. The molecule has 0 bridgehead atoms. The average molecular weight is 164 g/mol. The maximum atomic E-state index is 11.7. The molecule has 12 heavy (non-hydrogen) atoms. The Balaban J connectivity index is 2.27. The maximum absolute atomic E-state index is 11.7. The number of fused-ring (bicyclic) bond motifs is 1. The van der Waals surface area contributed by atoms with E-state index in [-0.39, 0.29) is 5.41 Å². The Kier molecular flexibility index (Phi) is 1.82. The van der Waals surface area contributed by atoms with Gasteiger partial charge in [-0.1, -0.05) is 19.1 Å². The lowest BCUT2D eigenvalue weighted by Crippen LogP contribution is -2.40. The van der Waals surface area contributed by atoms with Gasteiger partial charge in [-0.15, -0.1) is 0 Å². The summed E-state index contributed by atoms with van der Waals surface area (Å²) in [6.07, 6.45) is 9.73. The van der Waals surface area contributed by atoms with Crippen molar-refractivity contribution in [2.24, 2.45) is 11.3 Å². The fraction of sp³-hybridized carbons (Fsp3) is 0.727. The number of ketones is 1. The van der Waals surface area contributed by atoms with Crippen molar-refractivity contribution in [2.45, 2.75) is 39.0 Å². The van der Waals surface area contributed by atoms with Gasteiger partial charge in [0.25, 0.3) is 0 Å². The normalized spacial score (nSPS) is 41.1. The summed E-state index contributed by atoms with van der Waals surface area (Å²) in [6.45, 7) is 2.16. The lowest BCUT2D eigenvalue weighted by Gasteiger charge is -2.41. The van der Waals surface area contributed by atoms with Crippen LogP contribution in [0, 0.1) is 11.3 Å². The van der Waals surface area contributed by atoms with Crippen LogP contribution >= 0.6 is 0 Å². The van der Waals surface area contributed by atoms with Gasteiger partial charge in [-0.25, -0.2) is 0 Å². The van der Waals surface area contributed by atoms with Crippen molar-refractivity contribution in [3.63, 3.8) is 0 Å². The first kappa shape index (κ1) is 8.03. The van der Waals surface area contributed by atoms with E-state index in [1.54, 1.807) is 0 Å². The van der Waals surface area contributed by atoms with Crippen LogP contribution < -0.4 is 0 Å². The Morgan fingerprint density at radius 2 is 2.33 bits per heavy atom. The topological polar surface area (TPSA) is 17.1 Å². The molecule has 0 radical (unpaired) electrons. The van der Waals surface area contributed by atoms with Crippen molar-refractivity contribution >= 4 is 5.78 Å². The monoisotopic (exact) mass is 164 g/mol. The number of carbonyl (C=O) groups is 1. The second-order valence-corrected chi connectivity index (χ2v) is 4.34. The van der Waals surface area contributed by atoms with Gasteiger partial charge in [-0.05, 0) is 31.6 Å². The summed E-state index contributed by atoms with van der Waals surface area (Å²) in [5, 5.41) is 0. The van der Waals surface area contributed by atoms with Gasteiger partial charge < -0.3 is 0 Å². The second kappa shape index (κ2) is 2.72. The van der Waals surface area contributed by atoms with E-state index in [0.29, 0.717) is 11.7 Å². The molecule has 0 aromatic carbocycles. The van der Waals surface area contributed by atoms with E-state index in [2.05, 4.69) is 19.1 Å². The molecule has 66 valence electrons. The van der Waals surface area contributed by atoms with Crippen molar-refractivity contribution in [3.05, 3.63) is 12.2 Å². The van der Waals surface area contributed by atoms with Gasteiger partial charge in [0.15, 0.2) is 0 Å². The molecule has 1 heteroatoms. The van der Waals surface area contributed by atoms with E-state index in [4.69, 9.17) is 0 Å². The fourth-order valence-corrected chi connectivity index (χ4v) is 2.59.